The lowest BCUT2D eigenvalue weighted by molar-refractivity contribution is -0.0199. The molecule has 0 aromatic rings. The summed E-state index contributed by atoms with van der Waals surface area (Å²) in [6, 6.07) is 0. The number of hydrogen-bond acceptors (Lipinski definition) is 2. The fraction of sp³-hybridized carbons (Fsp3) is 1.00. The van der Waals surface area contributed by atoms with E-state index in [0.717, 1.165) is 31.8 Å². The first-order valence-electron chi connectivity index (χ1n) is 6.11. The third-order valence-electron chi connectivity index (χ3n) is 3.82. The highest BCUT2D eigenvalue weighted by atomic mass is 16.3. The minimum absolute atomic E-state index is 0.396. The predicted octanol–water partition coefficient (Wildman–Crippen LogP) is 1.93. The van der Waals surface area contributed by atoms with E-state index in [1.54, 1.807) is 0 Å². The molecule has 0 radical (unpaired) electrons. The predicted molar refractivity (Wildman–Crippen MR) is 58.2 cm³/mol. The minimum Gasteiger partial charge on any atom is -0.389 e. The molecule has 2 rings (SSSR count). The number of β-amino-alcohol motifs (C(OH)–C–C–N with tert-alkyl or cyclic N) is 1. The molecule has 1 aliphatic heterocycles. The number of piperidine rings is 1. The van der Waals surface area contributed by atoms with Gasteiger partial charge in [-0.15, -0.1) is 0 Å². The van der Waals surface area contributed by atoms with E-state index in [2.05, 4.69) is 12.2 Å². The normalized spacial score (nSPS) is 40.3. The van der Waals surface area contributed by atoms with Crippen LogP contribution in [-0.2, 0) is 0 Å². The highest BCUT2D eigenvalue weighted by Crippen LogP contribution is 2.35. The summed E-state index contributed by atoms with van der Waals surface area (Å²) in [6.45, 7) is 4.12. The van der Waals surface area contributed by atoms with Crippen LogP contribution in [0.1, 0.15) is 45.4 Å². The zero-order valence-corrected chi connectivity index (χ0v) is 9.26. The van der Waals surface area contributed by atoms with Crippen LogP contribution in [-0.4, -0.2) is 23.8 Å². The highest BCUT2D eigenvalue weighted by Gasteiger charge is 2.35. The first-order valence-corrected chi connectivity index (χ1v) is 6.11. The van der Waals surface area contributed by atoms with Gasteiger partial charge in [-0.2, -0.15) is 0 Å². The smallest absolute Gasteiger partial charge is 0.0777 e. The minimum atomic E-state index is -0.396. The van der Waals surface area contributed by atoms with Gasteiger partial charge in [0.05, 0.1) is 5.60 Å². The molecule has 0 aromatic carbocycles. The molecule has 0 bridgehead atoms. The van der Waals surface area contributed by atoms with Crippen molar-refractivity contribution >= 4 is 0 Å². The van der Waals surface area contributed by atoms with Crippen molar-refractivity contribution in [3.05, 3.63) is 0 Å². The van der Waals surface area contributed by atoms with Crippen LogP contribution in [0, 0.1) is 11.8 Å². The molecular weight excluding hydrogens is 174 g/mol. The SMILES string of the molecule is CC1CNCC(O)(CC2CCCC2)C1. The van der Waals surface area contributed by atoms with E-state index in [9.17, 15) is 5.11 Å². The maximum atomic E-state index is 10.4. The van der Waals surface area contributed by atoms with Crippen molar-refractivity contribution in [2.45, 2.75) is 51.0 Å². The van der Waals surface area contributed by atoms with Crippen molar-refractivity contribution in [1.29, 1.82) is 0 Å². The number of rotatable bonds is 2. The molecule has 0 amide bonds. The fourth-order valence-electron chi connectivity index (χ4n) is 3.25. The number of aliphatic hydroxyl groups is 1. The summed E-state index contributed by atoms with van der Waals surface area (Å²) in [5.74, 6) is 1.43. The lowest BCUT2D eigenvalue weighted by Crippen LogP contribution is -2.49. The summed E-state index contributed by atoms with van der Waals surface area (Å²) in [4.78, 5) is 0. The van der Waals surface area contributed by atoms with Gasteiger partial charge in [-0.25, -0.2) is 0 Å². The largest absolute Gasteiger partial charge is 0.389 e. The van der Waals surface area contributed by atoms with Crippen molar-refractivity contribution in [1.82, 2.24) is 5.32 Å². The van der Waals surface area contributed by atoms with Gasteiger partial charge in [0.1, 0.15) is 0 Å². The van der Waals surface area contributed by atoms with Crippen molar-refractivity contribution in [2.75, 3.05) is 13.1 Å². The maximum Gasteiger partial charge on any atom is 0.0777 e. The van der Waals surface area contributed by atoms with Crippen molar-refractivity contribution in [3.63, 3.8) is 0 Å². The van der Waals surface area contributed by atoms with Gasteiger partial charge in [-0.3, -0.25) is 0 Å². The molecule has 0 aromatic heterocycles. The Kier molecular flexibility index (Phi) is 3.13. The highest BCUT2D eigenvalue weighted by molar-refractivity contribution is 4.90. The van der Waals surface area contributed by atoms with E-state index in [-0.39, 0.29) is 0 Å². The first-order chi connectivity index (χ1) is 6.68. The van der Waals surface area contributed by atoms with E-state index >= 15 is 0 Å². The zero-order chi connectivity index (χ0) is 10.0. The fourth-order valence-corrected chi connectivity index (χ4v) is 3.25. The monoisotopic (exact) mass is 197 g/mol. The second-order valence-corrected chi connectivity index (χ2v) is 5.52. The molecule has 2 N–H and O–H groups in total. The summed E-state index contributed by atoms with van der Waals surface area (Å²) in [5.41, 5.74) is -0.396. The molecule has 0 spiro atoms. The zero-order valence-electron chi connectivity index (χ0n) is 9.26. The van der Waals surface area contributed by atoms with Crippen molar-refractivity contribution < 1.29 is 5.11 Å². The molecular formula is C12H23NO. The first kappa shape index (κ1) is 10.4. The topological polar surface area (TPSA) is 32.3 Å². The van der Waals surface area contributed by atoms with Gasteiger partial charge in [0.2, 0.25) is 0 Å². The average Bonchev–Trinajstić information content (AvgIpc) is 2.55. The second kappa shape index (κ2) is 4.19. The Morgan fingerprint density at radius 3 is 2.71 bits per heavy atom. The Morgan fingerprint density at radius 1 is 1.36 bits per heavy atom. The molecule has 1 heterocycles. The number of hydrogen-bond donors (Lipinski definition) is 2. The average molecular weight is 197 g/mol. The van der Waals surface area contributed by atoms with Gasteiger partial charge in [0.15, 0.2) is 0 Å². The van der Waals surface area contributed by atoms with E-state index in [4.69, 9.17) is 0 Å². The third-order valence-corrected chi connectivity index (χ3v) is 3.82. The Labute approximate surface area is 87.1 Å². The van der Waals surface area contributed by atoms with Gasteiger partial charge < -0.3 is 10.4 Å². The Balaban J connectivity index is 1.87. The Morgan fingerprint density at radius 2 is 2.07 bits per heavy atom. The van der Waals surface area contributed by atoms with Crippen molar-refractivity contribution in [2.24, 2.45) is 11.8 Å². The molecule has 2 atom stereocenters. The lowest BCUT2D eigenvalue weighted by Gasteiger charge is -2.37. The molecule has 2 fully saturated rings. The quantitative estimate of drug-likeness (QED) is 0.709. The van der Waals surface area contributed by atoms with Gasteiger partial charge >= 0.3 is 0 Å². The molecule has 2 heteroatoms. The summed E-state index contributed by atoms with van der Waals surface area (Å²) in [6.07, 6.45) is 7.47. The number of nitrogens with one attached hydrogen (secondary N) is 1. The second-order valence-electron chi connectivity index (χ2n) is 5.52. The summed E-state index contributed by atoms with van der Waals surface area (Å²) >= 11 is 0. The molecule has 1 saturated heterocycles. The molecule has 1 aliphatic carbocycles. The molecule has 2 nitrogen and oxygen atoms in total. The summed E-state index contributed by atoms with van der Waals surface area (Å²) < 4.78 is 0. The van der Waals surface area contributed by atoms with E-state index in [1.165, 1.54) is 25.7 Å². The molecule has 82 valence electrons. The van der Waals surface area contributed by atoms with Crippen LogP contribution in [0.5, 0.6) is 0 Å². The van der Waals surface area contributed by atoms with Crippen LogP contribution in [0.3, 0.4) is 0 Å². The van der Waals surface area contributed by atoms with E-state index < -0.39 is 5.60 Å². The van der Waals surface area contributed by atoms with Crippen LogP contribution in [0.4, 0.5) is 0 Å². The molecule has 2 aliphatic rings. The van der Waals surface area contributed by atoms with Gasteiger partial charge in [0, 0.05) is 6.54 Å². The summed E-state index contributed by atoms with van der Waals surface area (Å²) in [7, 11) is 0. The molecule has 1 saturated carbocycles. The third kappa shape index (κ3) is 2.48. The summed E-state index contributed by atoms with van der Waals surface area (Å²) in [5, 5.41) is 13.8. The van der Waals surface area contributed by atoms with Gasteiger partial charge in [-0.05, 0) is 31.2 Å². The Hall–Kier alpha value is -0.0800. The standard InChI is InChI=1S/C12H23NO/c1-10-6-12(14,9-13-8-10)7-11-4-2-3-5-11/h10-11,13-14H,2-9H2,1H3. The van der Waals surface area contributed by atoms with Crippen LogP contribution in [0.15, 0.2) is 0 Å². The van der Waals surface area contributed by atoms with Crippen LogP contribution in [0.2, 0.25) is 0 Å². The van der Waals surface area contributed by atoms with E-state index in [0.29, 0.717) is 5.92 Å². The molecule has 14 heavy (non-hydrogen) atoms. The Bertz CT molecular complexity index is 189. The van der Waals surface area contributed by atoms with Crippen LogP contribution < -0.4 is 5.32 Å². The van der Waals surface area contributed by atoms with Crippen molar-refractivity contribution in [3.8, 4) is 0 Å². The molecule has 2 unspecified atom stereocenters. The van der Waals surface area contributed by atoms with Crippen LogP contribution >= 0.6 is 0 Å². The van der Waals surface area contributed by atoms with Crippen LogP contribution in [0.25, 0.3) is 0 Å². The van der Waals surface area contributed by atoms with Gasteiger partial charge in [0.25, 0.3) is 0 Å². The van der Waals surface area contributed by atoms with Gasteiger partial charge in [-0.1, -0.05) is 32.6 Å². The maximum absolute atomic E-state index is 10.4. The lowest BCUT2D eigenvalue weighted by atomic mass is 9.80. The van der Waals surface area contributed by atoms with E-state index in [1.807, 2.05) is 0 Å².